The molecule has 0 amide bonds. The minimum Gasteiger partial charge on any atom is -0.396 e. The van der Waals surface area contributed by atoms with Crippen molar-refractivity contribution in [2.75, 3.05) is 6.61 Å². The zero-order valence-corrected chi connectivity index (χ0v) is 13.3. The quantitative estimate of drug-likeness (QED) is 0.577. The summed E-state index contributed by atoms with van der Waals surface area (Å²) in [6.45, 7) is 11.5. The summed E-state index contributed by atoms with van der Waals surface area (Å²) in [5, 5.41) is 12.8. The van der Waals surface area contributed by atoms with Gasteiger partial charge in [0.2, 0.25) is 0 Å². The third-order valence-electron chi connectivity index (χ3n) is 3.69. The van der Waals surface area contributed by atoms with Crippen LogP contribution >= 0.6 is 0 Å². The Balaban J connectivity index is 3.84. The van der Waals surface area contributed by atoms with Crippen LogP contribution in [0.15, 0.2) is 0 Å². The second kappa shape index (κ2) is 9.80. The first-order chi connectivity index (χ1) is 8.41. The van der Waals surface area contributed by atoms with Gasteiger partial charge in [0.1, 0.15) is 0 Å². The molecule has 0 spiro atoms. The maximum atomic E-state index is 9.15. The minimum atomic E-state index is 0.221. The molecule has 0 bridgehead atoms. The average molecular weight is 257 g/mol. The molecule has 0 aromatic carbocycles. The first-order valence-electron chi connectivity index (χ1n) is 7.78. The molecule has 110 valence electrons. The summed E-state index contributed by atoms with van der Waals surface area (Å²) in [4.78, 5) is 0. The molecule has 2 heteroatoms. The van der Waals surface area contributed by atoms with Crippen LogP contribution in [0.1, 0.15) is 79.6 Å². The molecule has 0 aromatic rings. The monoisotopic (exact) mass is 257 g/mol. The molecule has 0 aliphatic carbocycles. The smallest absolute Gasteiger partial charge is 0.0446 e. The summed E-state index contributed by atoms with van der Waals surface area (Å²) < 4.78 is 0. The first-order valence-corrected chi connectivity index (χ1v) is 7.78. The first kappa shape index (κ1) is 17.9. The highest BCUT2D eigenvalue weighted by Gasteiger charge is 2.24. The van der Waals surface area contributed by atoms with Crippen LogP contribution in [0.3, 0.4) is 0 Å². The van der Waals surface area contributed by atoms with E-state index in [1.807, 2.05) is 0 Å². The van der Waals surface area contributed by atoms with Gasteiger partial charge in [-0.3, -0.25) is 0 Å². The Morgan fingerprint density at radius 3 is 2.11 bits per heavy atom. The third-order valence-corrected chi connectivity index (χ3v) is 3.69. The third kappa shape index (κ3) is 8.93. The van der Waals surface area contributed by atoms with Crippen molar-refractivity contribution in [1.82, 2.24) is 5.32 Å². The molecule has 0 saturated carbocycles. The Morgan fingerprint density at radius 1 is 1.00 bits per heavy atom. The Kier molecular flexibility index (Phi) is 9.76. The van der Waals surface area contributed by atoms with Gasteiger partial charge in [-0.15, -0.1) is 0 Å². The lowest BCUT2D eigenvalue weighted by atomic mass is 9.84. The molecule has 0 radical (unpaired) electrons. The standard InChI is InChI=1S/C16H35NO/c1-6-7-8-9-10-11-14(2)17-15(12-13-18)16(3,4)5/h14-15,17-18H,6-13H2,1-5H3. The molecule has 0 aliphatic heterocycles. The fraction of sp³-hybridized carbons (Fsp3) is 1.00. The molecule has 0 aromatic heterocycles. The van der Waals surface area contributed by atoms with E-state index in [0.717, 1.165) is 6.42 Å². The van der Waals surface area contributed by atoms with E-state index in [1.165, 1.54) is 38.5 Å². The number of nitrogens with one attached hydrogen (secondary N) is 1. The molecule has 2 atom stereocenters. The summed E-state index contributed by atoms with van der Waals surface area (Å²) in [6.07, 6.45) is 8.85. The average Bonchev–Trinajstić information content (AvgIpc) is 2.27. The Hall–Kier alpha value is -0.0800. The largest absolute Gasteiger partial charge is 0.396 e. The van der Waals surface area contributed by atoms with Gasteiger partial charge in [-0.2, -0.15) is 0 Å². The summed E-state index contributed by atoms with van der Waals surface area (Å²) in [5.41, 5.74) is 0.221. The fourth-order valence-electron chi connectivity index (χ4n) is 2.38. The molecule has 0 saturated heterocycles. The van der Waals surface area contributed by atoms with Gasteiger partial charge < -0.3 is 10.4 Å². The molecule has 0 rings (SSSR count). The summed E-state index contributed by atoms with van der Waals surface area (Å²) in [6, 6.07) is 0.968. The Bertz CT molecular complexity index is 186. The van der Waals surface area contributed by atoms with Crippen molar-refractivity contribution >= 4 is 0 Å². The van der Waals surface area contributed by atoms with Gasteiger partial charge in [-0.1, -0.05) is 59.8 Å². The highest BCUT2D eigenvalue weighted by molar-refractivity contribution is 4.82. The molecular formula is C16H35NO. The van der Waals surface area contributed by atoms with Crippen LogP contribution in [0.25, 0.3) is 0 Å². The number of aliphatic hydroxyl groups is 1. The number of rotatable bonds is 10. The van der Waals surface area contributed by atoms with Gasteiger partial charge >= 0.3 is 0 Å². The Morgan fingerprint density at radius 2 is 1.61 bits per heavy atom. The van der Waals surface area contributed by atoms with Crippen LogP contribution in [-0.4, -0.2) is 23.8 Å². The van der Waals surface area contributed by atoms with Gasteiger partial charge in [0, 0.05) is 18.7 Å². The predicted molar refractivity (Wildman–Crippen MR) is 80.9 cm³/mol. The number of hydrogen-bond acceptors (Lipinski definition) is 2. The molecule has 2 unspecified atom stereocenters. The molecule has 0 aliphatic rings. The molecule has 2 nitrogen and oxygen atoms in total. The maximum Gasteiger partial charge on any atom is 0.0446 e. The molecular weight excluding hydrogens is 222 g/mol. The van der Waals surface area contributed by atoms with E-state index < -0.39 is 0 Å². The van der Waals surface area contributed by atoms with Crippen LogP contribution in [0.5, 0.6) is 0 Å². The minimum absolute atomic E-state index is 0.221. The van der Waals surface area contributed by atoms with E-state index in [2.05, 4.69) is 39.9 Å². The van der Waals surface area contributed by atoms with Gasteiger partial charge in [-0.05, 0) is 25.2 Å². The lowest BCUT2D eigenvalue weighted by Gasteiger charge is -2.34. The number of hydrogen-bond donors (Lipinski definition) is 2. The van der Waals surface area contributed by atoms with Gasteiger partial charge in [0.15, 0.2) is 0 Å². The summed E-state index contributed by atoms with van der Waals surface area (Å²) in [7, 11) is 0. The molecule has 18 heavy (non-hydrogen) atoms. The van der Waals surface area contributed by atoms with Crippen LogP contribution < -0.4 is 5.32 Å². The van der Waals surface area contributed by atoms with Gasteiger partial charge in [-0.25, -0.2) is 0 Å². The van der Waals surface area contributed by atoms with Crippen molar-refractivity contribution in [2.24, 2.45) is 5.41 Å². The lowest BCUT2D eigenvalue weighted by Crippen LogP contribution is -2.45. The Labute approximate surface area is 115 Å². The van der Waals surface area contributed by atoms with E-state index in [-0.39, 0.29) is 12.0 Å². The number of unbranched alkanes of at least 4 members (excludes halogenated alkanes) is 4. The fourth-order valence-corrected chi connectivity index (χ4v) is 2.38. The van der Waals surface area contributed by atoms with Crippen LogP contribution in [0, 0.1) is 5.41 Å². The van der Waals surface area contributed by atoms with Crippen molar-refractivity contribution in [3.8, 4) is 0 Å². The summed E-state index contributed by atoms with van der Waals surface area (Å²) in [5.74, 6) is 0. The van der Waals surface area contributed by atoms with E-state index in [9.17, 15) is 0 Å². The van der Waals surface area contributed by atoms with Crippen LogP contribution in [0.4, 0.5) is 0 Å². The van der Waals surface area contributed by atoms with Crippen molar-refractivity contribution in [3.05, 3.63) is 0 Å². The van der Waals surface area contributed by atoms with E-state index >= 15 is 0 Å². The highest BCUT2D eigenvalue weighted by atomic mass is 16.3. The lowest BCUT2D eigenvalue weighted by molar-refractivity contribution is 0.185. The normalized spacial score (nSPS) is 15.7. The van der Waals surface area contributed by atoms with Gasteiger partial charge in [0.05, 0.1) is 0 Å². The van der Waals surface area contributed by atoms with Crippen molar-refractivity contribution < 1.29 is 5.11 Å². The highest BCUT2D eigenvalue weighted by Crippen LogP contribution is 2.22. The van der Waals surface area contributed by atoms with Crippen molar-refractivity contribution in [3.63, 3.8) is 0 Å². The number of aliphatic hydroxyl groups excluding tert-OH is 1. The van der Waals surface area contributed by atoms with Crippen molar-refractivity contribution in [2.45, 2.75) is 91.6 Å². The van der Waals surface area contributed by atoms with E-state index in [1.54, 1.807) is 0 Å². The molecule has 0 heterocycles. The van der Waals surface area contributed by atoms with Gasteiger partial charge in [0.25, 0.3) is 0 Å². The maximum absolute atomic E-state index is 9.15. The topological polar surface area (TPSA) is 32.3 Å². The predicted octanol–water partition coefficient (Wildman–Crippen LogP) is 4.12. The van der Waals surface area contributed by atoms with E-state index in [0.29, 0.717) is 12.1 Å². The second-order valence-corrected chi connectivity index (χ2v) is 6.70. The SMILES string of the molecule is CCCCCCCC(C)NC(CCO)C(C)(C)C. The second-order valence-electron chi connectivity index (χ2n) is 6.70. The van der Waals surface area contributed by atoms with E-state index in [4.69, 9.17) is 5.11 Å². The zero-order chi connectivity index (χ0) is 14.0. The summed E-state index contributed by atoms with van der Waals surface area (Å²) >= 11 is 0. The molecule has 0 fully saturated rings. The van der Waals surface area contributed by atoms with Crippen molar-refractivity contribution in [1.29, 1.82) is 0 Å². The van der Waals surface area contributed by atoms with Crippen LogP contribution in [-0.2, 0) is 0 Å². The van der Waals surface area contributed by atoms with Crippen LogP contribution in [0.2, 0.25) is 0 Å². The molecule has 2 N–H and O–H groups in total. The zero-order valence-electron chi connectivity index (χ0n) is 13.3.